The molecule has 0 spiro atoms. The van der Waals surface area contributed by atoms with Gasteiger partial charge in [-0.2, -0.15) is 8.42 Å². The van der Waals surface area contributed by atoms with E-state index in [-0.39, 0.29) is 6.54 Å². The number of nitrogens with zero attached hydrogens (tertiary/aromatic N) is 2. The molecule has 0 rings (SSSR count). The Balaban J connectivity index is 4.40. The van der Waals surface area contributed by atoms with E-state index in [9.17, 15) is 13.2 Å². The van der Waals surface area contributed by atoms with E-state index in [1.165, 1.54) is 7.05 Å². The van der Waals surface area contributed by atoms with Crippen LogP contribution in [0.1, 0.15) is 6.92 Å². The van der Waals surface area contributed by atoms with E-state index in [2.05, 4.69) is 0 Å². The average molecular weight is 212 g/mol. The minimum Gasteiger partial charge on any atom is -0.464 e. The van der Waals surface area contributed by atoms with Gasteiger partial charge in [0.2, 0.25) is 0 Å². The van der Waals surface area contributed by atoms with Crippen molar-refractivity contribution in [2.24, 2.45) is 0 Å². The molecule has 8 heteroatoms. The molecule has 0 saturated heterocycles. The lowest BCUT2D eigenvalue weighted by molar-refractivity contribution is 0.0286. The standard InChI is InChI=1S/C5H12N2O5S/c1-3-7(5(8)9)6(2)4-13(10,11)12/h3-4H2,1-2H3,(H,8,9)(H,10,11,12). The summed E-state index contributed by atoms with van der Waals surface area (Å²) in [6.07, 6.45) is -1.27. The summed E-state index contributed by atoms with van der Waals surface area (Å²) in [5, 5.41) is 10.2. The fourth-order valence-electron chi connectivity index (χ4n) is 0.829. The van der Waals surface area contributed by atoms with Crippen LogP contribution in [0.4, 0.5) is 4.79 Å². The quantitative estimate of drug-likeness (QED) is 0.489. The van der Waals surface area contributed by atoms with Gasteiger partial charge in [-0.3, -0.25) is 4.55 Å². The van der Waals surface area contributed by atoms with Crippen LogP contribution in [0.25, 0.3) is 0 Å². The maximum Gasteiger partial charge on any atom is 0.421 e. The van der Waals surface area contributed by atoms with Crippen LogP contribution in [0, 0.1) is 0 Å². The van der Waals surface area contributed by atoms with Crippen molar-refractivity contribution in [3.63, 3.8) is 0 Å². The van der Waals surface area contributed by atoms with E-state index in [1.807, 2.05) is 0 Å². The highest BCUT2D eigenvalue weighted by Crippen LogP contribution is 1.97. The Bertz CT molecular complexity index is 275. The van der Waals surface area contributed by atoms with Gasteiger partial charge >= 0.3 is 6.09 Å². The van der Waals surface area contributed by atoms with Crippen LogP contribution in [0.15, 0.2) is 0 Å². The zero-order valence-corrected chi connectivity index (χ0v) is 8.15. The molecule has 1 amide bonds. The van der Waals surface area contributed by atoms with Crippen LogP contribution in [-0.4, -0.2) is 53.7 Å². The third-order valence-electron chi connectivity index (χ3n) is 1.28. The number of carboxylic acid groups (broad SMARTS) is 1. The molecule has 0 aromatic rings. The molecular formula is C5H12N2O5S. The average Bonchev–Trinajstić information content (AvgIpc) is 1.82. The Labute approximate surface area is 76.3 Å². The smallest absolute Gasteiger partial charge is 0.421 e. The molecule has 0 aromatic carbocycles. The predicted octanol–water partition coefficient (Wildman–Crippen LogP) is -0.322. The minimum atomic E-state index is -4.19. The third-order valence-corrected chi connectivity index (χ3v) is 1.98. The lowest BCUT2D eigenvalue weighted by Crippen LogP contribution is -2.45. The molecule has 0 aliphatic heterocycles. The number of rotatable bonds is 4. The van der Waals surface area contributed by atoms with Gasteiger partial charge in [-0.15, -0.1) is 0 Å². The highest BCUT2D eigenvalue weighted by molar-refractivity contribution is 7.85. The van der Waals surface area contributed by atoms with Gasteiger partial charge < -0.3 is 5.11 Å². The zero-order chi connectivity index (χ0) is 10.6. The van der Waals surface area contributed by atoms with E-state index in [4.69, 9.17) is 9.66 Å². The van der Waals surface area contributed by atoms with Gasteiger partial charge in [-0.1, -0.05) is 0 Å². The van der Waals surface area contributed by atoms with Crippen molar-refractivity contribution in [3.05, 3.63) is 0 Å². The summed E-state index contributed by atoms with van der Waals surface area (Å²) in [5.41, 5.74) is 0. The minimum absolute atomic E-state index is 0.112. The molecule has 0 heterocycles. The molecular weight excluding hydrogens is 200 g/mol. The van der Waals surface area contributed by atoms with Gasteiger partial charge in [0, 0.05) is 13.6 Å². The monoisotopic (exact) mass is 212 g/mol. The number of hydrogen-bond acceptors (Lipinski definition) is 4. The Kier molecular flexibility index (Phi) is 4.11. The van der Waals surface area contributed by atoms with Crippen molar-refractivity contribution in [3.8, 4) is 0 Å². The number of hydrogen-bond donors (Lipinski definition) is 2. The van der Waals surface area contributed by atoms with Gasteiger partial charge in [0.25, 0.3) is 10.1 Å². The lowest BCUT2D eigenvalue weighted by atomic mass is 10.7. The number of carbonyl (C=O) groups is 1. The first-order valence-electron chi connectivity index (χ1n) is 3.44. The predicted molar refractivity (Wildman–Crippen MR) is 44.6 cm³/mol. The summed E-state index contributed by atoms with van der Waals surface area (Å²) in [6.45, 7) is 1.66. The van der Waals surface area contributed by atoms with Gasteiger partial charge in [-0.05, 0) is 6.92 Å². The van der Waals surface area contributed by atoms with Gasteiger partial charge in [-0.25, -0.2) is 14.8 Å². The summed E-state index contributed by atoms with van der Waals surface area (Å²) in [4.78, 5) is 10.5. The second-order valence-electron chi connectivity index (χ2n) is 2.37. The highest BCUT2D eigenvalue weighted by atomic mass is 32.2. The fourth-order valence-corrected chi connectivity index (χ4v) is 1.44. The van der Waals surface area contributed by atoms with Crippen LogP contribution >= 0.6 is 0 Å². The molecule has 0 aromatic heterocycles. The Hall–Kier alpha value is -0.860. The molecule has 7 nitrogen and oxygen atoms in total. The second-order valence-corrected chi connectivity index (χ2v) is 3.79. The van der Waals surface area contributed by atoms with Gasteiger partial charge in [0.15, 0.2) is 0 Å². The normalized spacial score (nSPS) is 11.7. The molecule has 78 valence electrons. The van der Waals surface area contributed by atoms with E-state index < -0.39 is 22.1 Å². The highest BCUT2D eigenvalue weighted by Gasteiger charge is 2.19. The number of amides is 1. The van der Waals surface area contributed by atoms with Crippen molar-refractivity contribution >= 4 is 16.2 Å². The van der Waals surface area contributed by atoms with E-state index >= 15 is 0 Å². The maximum atomic E-state index is 10.5. The third kappa shape index (κ3) is 4.65. The summed E-state index contributed by atoms with van der Waals surface area (Å²) in [6, 6.07) is 0. The van der Waals surface area contributed by atoms with Crippen molar-refractivity contribution in [2.45, 2.75) is 6.92 Å². The summed E-state index contributed by atoms with van der Waals surface area (Å²) in [5.74, 6) is -0.743. The van der Waals surface area contributed by atoms with Crippen LogP contribution in [0.2, 0.25) is 0 Å². The van der Waals surface area contributed by atoms with Gasteiger partial charge in [0.1, 0.15) is 5.88 Å². The first-order valence-corrected chi connectivity index (χ1v) is 5.05. The molecule has 0 fully saturated rings. The van der Waals surface area contributed by atoms with Crippen molar-refractivity contribution in [1.82, 2.24) is 10.0 Å². The topological polar surface area (TPSA) is 98.2 Å². The fraction of sp³-hybridized carbons (Fsp3) is 0.800. The van der Waals surface area contributed by atoms with Gasteiger partial charge in [0.05, 0.1) is 0 Å². The maximum absolute atomic E-state index is 10.5. The molecule has 0 bridgehead atoms. The Morgan fingerprint density at radius 3 is 2.15 bits per heavy atom. The molecule has 0 aliphatic rings. The Morgan fingerprint density at radius 2 is 1.92 bits per heavy atom. The van der Waals surface area contributed by atoms with Crippen LogP contribution < -0.4 is 0 Å². The van der Waals surface area contributed by atoms with Crippen molar-refractivity contribution in [1.29, 1.82) is 0 Å². The first kappa shape index (κ1) is 12.1. The summed E-state index contributed by atoms with van der Waals surface area (Å²) >= 11 is 0. The summed E-state index contributed by atoms with van der Waals surface area (Å²) < 4.78 is 29.2. The molecule has 0 radical (unpaired) electrons. The van der Waals surface area contributed by atoms with Crippen LogP contribution in [-0.2, 0) is 10.1 Å². The molecule has 0 saturated carbocycles. The molecule has 0 unspecified atom stereocenters. The lowest BCUT2D eigenvalue weighted by Gasteiger charge is -2.26. The van der Waals surface area contributed by atoms with Crippen molar-refractivity contribution < 1.29 is 22.9 Å². The molecule has 2 N–H and O–H groups in total. The first-order chi connectivity index (χ1) is 5.78. The van der Waals surface area contributed by atoms with E-state index in [0.29, 0.717) is 0 Å². The number of hydrazine groups is 1. The largest absolute Gasteiger partial charge is 0.464 e. The second kappa shape index (κ2) is 4.40. The SMILES string of the molecule is CCN(C(=O)O)N(C)CS(=O)(=O)O. The zero-order valence-electron chi connectivity index (χ0n) is 7.34. The molecule has 13 heavy (non-hydrogen) atoms. The molecule has 0 aliphatic carbocycles. The van der Waals surface area contributed by atoms with E-state index in [0.717, 1.165) is 10.0 Å². The Morgan fingerprint density at radius 1 is 1.46 bits per heavy atom. The summed E-state index contributed by atoms with van der Waals surface area (Å²) in [7, 11) is -2.94. The van der Waals surface area contributed by atoms with Crippen LogP contribution in [0.3, 0.4) is 0 Å². The van der Waals surface area contributed by atoms with Crippen molar-refractivity contribution in [2.75, 3.05) is 19.5 Å². The van der Waals surface area contributed by atoms with Crippen LogP contribution in [0.5, 0.6) is 0 Å². The van der Waals surface area contributed by atoms with E-state index in [1.54, 1.807) is 6.92 Å². The molecule has 0 atom stereocenters.